The maximum Gasteiger partial charge on any atom is 0.317 e. The van der Waals surface area contributed by atoms with E-state index in [9.17, 15) is 4.79 Å². The van der Waals surface area contributed by atoms with Crippen LogP contribution in [0.3, 0.4) is 0 Å². The molecule has 0 aliphatic carbocycles. The predicted octanol–water partition coefficient (Wildman–Crippen LogP) is 3.24. The van der Waals surface area contributed by atoms with Crippen molar-refractivity contribution in [2.75, 3.05) is 6.54 Å². The van der Waals surface area contributed by atoms with Gasteiger partial charge >= 0.3 is 5.97 Å². The minimum Gasteiger partial charge on any atom is -0.480 e. The van der Waals surface area contributed by atoms with E-state index in [4.69, 9.17) is 5.11 Å². The first kappa shape index (κ1) is 14.2. The van der Waals surface area contributed by atoms with Gasteiger partial charge in [0, 0.05) is 17.0 Å². The van der Waals surface area contributed by atoms with E-state index in [-0.39, 0.29) is 18.6 Å². The van der Waals surface area contributed by atoms with Gasteiger partial charge in [0.2, 0.25) is 0 Å². The van der Waals surface area contributed by atoms with E-state index in [0.717, 1.165) is 0 Å². The van der Waals surface area contributed by atoms with Gasteiger partial charge in [-0.1, -0.05) is 19.9 Å². The van der Waals surface area contributed by atoms with Gasteiger partial charge in [-0.05, 0) is 31.2 Å². The van der Waals surface area contributed by atoms with Gasteiger partial charge in [0.15, 0.2) is 0 Å². The van der Waals surface area contributed by atoms with Gasteiger partial charge in [0.25, 0.3) is 0 Å². The number of hydrogen-bond acceptors (Lipinski definition) is 3. The number of carbonyl (C=O) groups is 1. The molecular weight excluding hydrogens is 234 g/mol. The Morgan fingerprint density at radius 2 is 2.06 bits per heavy atom. The van der Waals surface area contributed by atoms with Crippen molar-refractivity contribution in [3.05, 3.63) is 22.4 Å². The first-order chi connectivity index (χ1) is 7.93. The van der Waals surface area contributed by atoms with Crippen molar-refractivity contribution in [2.45, 2.75) is 39.8 Å². The Hall–Kier alpha value is -0.870. The molecule has 1 rings (SSSR count). The molecular formula is C13H21NO2S. The lowest BCUT2D eigenvalue weighted by Crippen LogP contribution is -2.40. The Labute approximate surface area is 107 Å². The van der Waals surface area contributed by atoms with Gasteiger partial charge in [0.1, 0.15) is 0 Å². The van der Waals surface area contributed by atoms with Gasteiger partial charge in [0.05, 0.1) is 6.54 Å². The van der Waals surface area contributed by atoms with Gasteiger partial charge in [-0.2, -0.15) is 0 Å². The lowest BCUT2D eigenvalue weighted by molar-refractivity contribution is -0.139. The third kappa shape index (κ3) is 3.82. The van der Waals surface area contributed by atoms with Crippen LogP contribution >= 0.6 is 11.3 Å². The fraction of sp³-hybridized carbons (Fsp3) is 0.615. The van der Waals surface area contributed by atoms with Crippen LogP contribution in [-0.2, 0) is 4.79 Å². The molecule has 0 fully saturated rings. The molecule has 0 saturated heterocycles. The zero-order valence-electron chi connectivity index (χ0n) is 10.9. The van der Waals surface area contributed by atoms with E-state index in [1.807, 2.05) is 25.3 Å². The summed E-state index contributed by atoms with van der Waals surface area (Å²) in [6, 6.07) is 4.52. The monoisotopic (exact) mass is 255 g/mol. The summed E-state index contributed by atoms with van der Waals surface area (Å²) in [6.45, 7) is 8.47. The van der Waals surface area contributed by atoms with Crippen molar-refractivity contribution in [1.29, 1.82) is 0 Å². The normalized spacial score (nSPS) is 13.6. The molecule has 17 heavy (non-hydrogen) atoms. The Morgan fingerprint density at radius 1 is 1.41 bits per heavy atom. The molecule has 96 valence electrons. The van der Waals surface area contributed by atoms with Gasteiger partial charge in [-0.15, -0.1) is 11.3 Å². The highest BCUT2D eigenvalue weighted by atomic mass is 32.1. The number of hydrogen-bond donors (Lipinski definition) is 1. The average Bonchev–Trinajstić information content (AvgIpc) is 2.68. The first-order valence-corrected chi connectivity index (χ1v) is 6.82. The summed E-state index contributed by atoms with van der Waals surface area (Å²) < 4.78 is 0. The summed E-state index contributed by atoms with van der Waals surface area (Å²) in [4.78, 5) is 14.3. The molecule has 3 nitrogen and oxygen atoms in total. The molecule has 1 unspecified atom stereocenters. The van der Waals surface area contributed by atoms with E-state index in [1.54, 1.807) is 11.3 Å². The van der Waals surface area contributed by atoms with Crippen LogP contribution < -0.4 is 0 Å². The number of thiophene rings is 1. The molecule has 0 saturated carbocycles. The molecule has 1 N–H and O–H groups in total. The highest BCUT2D eigenvalue weighted by molar-refractivity contribution is 7.10. The van der Waals surface area contributed by atoms with Crippen LogP contribution in [0.25, 0.3) is 0 Å². The summed E-state index contributed by atoms with van der Waals surface area (Å²) in [7, 11) is 0. The highest BCUT2D eigenvalue weighted by Gasteiger charge is 2.28. The Kier molecular flexibility index (Phi) is 5.15. The minimum absolute atomic E-state index is 0.0956. The van der Waals surface area contributed by atoms with Crippen molar-refractivity contribution in [2.24, 2.45) is 5.92 Å². The number of nitrogens with zero attached hydrogens (tertiary/aromatic N) is 1. The first-order valence-electron chi connectivity index (χ1n) is 5.94. The van der Waals surface area contributed by atoms with Crippen LogP contribution in [0.2, 0.25) is 0 Å². The molecule has 4 heteroatoms. The van der Waals surface area contributed by atoms with Gasteiger partial charge in [-0.3, -0.25) is 9.69 Å². The van der Waals surface area contributed by atoms with E-state index in [1.165, 1.54) is 4.88 Å². The smallest absolute Gasteiger partial charge is 0.317 e. The maximum atomic E-state index is 11.0. The van der Waals surface area contributed by atoms with Crippen molar-refractivity contribution >= 4 is 17.3 Å². The van der Waals surface area contributed by atoms with Crippen molar-refractivity contribution < 1.29 is 9.90 Å². The average molecular weight is 255 g/mol. The second kappa shape index (κ2) is 6.17. The summed E-state index contributed by atoms with van der Waals surface area (Å²) in [5.74, 6) is -0.365. The molecule has 0 spiro atoms. The van der Waals surface area contributed by atoms with E-state index in [2.05, 4.69) is 24.8 Å². The number of carboxylic acids is 1. The maximum absolute atomic E-state index is 11.0. The minimum atomic E-state index is -0.763. The lowest BCUT2D eigenvalue weighted by atomic mass is 9.99. The fourth-order valence-electron chi connectivity index (χ4n) is 2.09. The van der Waals surface area contributed by atoms with E-state index in [0.29, 0.717) is 5.92 Å². The predicted molar refractivity (Wildman–Crippen MR) is 71.4 cm³/mol. The lowest BCUT2D eigenvalue weighted by Gasteiger charge is -2.35. The SMILES string of the molecule is CC(C)C(c1cccs1)N(CC(=O)O)C(C)C. The van der Waals surface area contributed by atoms with Gasteiger partial charge in [-0.25, -0.2) is 0 Å². The van der Waals surface area contributed by atoms with Crippen LogP contribution in [0.4, 0.5) is 0 Å². The molecule has 0 aromatic carbocycles. The summed E-state index contributed by atoms with van der Waals surface area (Å²) in [5.41, 5.74) is 0. The van der Waals surface area contributed by atoms with Crippen LogP contribution in [-0.4, -0.2) is 28.6 Å². The zero-order chi connectivity index (χ0) is 13.0. The standard InChI is InChI=1S/C13H21NO2S/c1-9(2)13(11-6-5-7-17-11)14(10(3)4)8-12(15)16/h5-7,9-10,13H,8H2,1-4H3,(H,15,16). The van der Waals surface area contributed by atoms with Crippen molar-refractivity contribution in [1.82, 2.24) is 4.90 Å². The summed E-state index contributed by atoms with van der Waals surface area (Å²) >= 11 is 1.70. The molecule has 0 radical (unpaired) electrons. The second-order valence-corrected chi connectivity index (χ2v) is 5.84. The fourth-order valence-corrected chi connectivity index (χ4v) is 3.11. The summed E-state index contributed by atoms with van der Waals surface area (Å²) in [6.07, 6.45) is 0. The molecule has 1 aromatic rings. The third-order valence-corrected chi connectivity index (χ3v) is 3.75. The van der Waals surface area contributed by atoms with Gasteiger partial charge < -0.3 is 5.11 Å². The Morgan fingerprint density at radius 3 is 2.41 bits per heavy atom. The van der Waals surface area contributed by atoms with E-state index < -0.39 is 5.97 Å². The zero-order valence-corrected chi connectivity index (χ0v) is 11.7. The summed E-state index contributed by atoms with van der Waals surface area (Å²) in [5, 5.41) is 11.1. The number of carboxylic acid groups (broad SMARTS) is 1. The van der Waals surface area contributed by atoms with Crippen LogP contribution in [0.1, 0.15) is 38.6 Å². The molecule has 0 aliphatic heterocycles. The van der Waals surface area contributed by atoms with E-state index >= 15 is 0 Å². The molecule has 0 aliphatic rings. The molecule has 1 atom stereocenters. The molecule has 0 bridgehead atoms. The number of rotatable bonds is 6. The van der Waals surface area contributed by atoms with Crippen LogP contribution in [0.15, 0.2) is 17.5 Å². The quantitative estimate of drug-likeness (QED) is 0.848. The third-order valence-electron chi connectivity index (χ3n) is 2.80. The van der Waals surface area contributed by atoms with Crippen molar-refractivity contribution in [3.63, 3.8) is 0 Å². The largest absolute Gasteiger partial charge is 0.480 e. The Bertz CT molecular complexity index is 346. The topological polar surface area (TPSA) is 40.5 Å². The Balaban J connectivity index is 2.97. The van der Waals surface area contributed by atoms with Crippen molar-refractivity contribution in [3.8, 4) is 0 Å². The molecule has 1 aromatic heterocycles. The van der Waals surface area contributed by atoms with Crippen LogP contribution in [0, 0.1) is 5.92 Å². The molecule has 0 amide bonds. The second-order valence-electron chi connectivity index (χ2n) is 4.86. The highest BCUT2D eigenvalue weighted by Crippen LogP contribution is 2.32. The molecule has 1 heterocycles. The number of aliphatic carboxylic acids is 1. The van der Waals surface area contributed by atoms with Crippen LogP contribution in [0.5, 0.6) is 0 Å².